The Labute approximate surface area is 112 Å². The molecular formula is C13H10BrN3O. The average Bonchev–Trinajstić information content (AvgIpc) is 2.97. The van der Waals surface area contributed by atoms with Crippen LogP contribution in [0.15, 0.2) is 57.7 Å². The summed E-state index contributed by atoms with van der Waals surface area (Å²) in [5.74, 6) is 0.668. The molecule has 0 saturated heterocycles. The van der Waals surface area contributed by atoms with Crippen molar-refractivity contribution in [3.8, 4) is 17.1 Å². The maximum absolute atomic E-state index is 5.95. The fourth-order valence-electron chi connectivity index (χ4n) is 1.74. The molecule has 0 aliphatic carbocycles. The van der Waals surface area contributed by atoms with E-state index in [1.807, 2.05) is 36.4 Å². The molecule has 2 N–H and O–H groups in total. The van der Waals surface area contributed by atoms with Crippen LogP contribution in [0.2, 0.25) is 0 Å². The largest absolute Gasteiger partial charge is 0.463 e. The van der Waals surface area contributed by atoms with Crippen molar-refractivity contribution in [2.45, 2.75) is 0 Å². The van der Waals surface area contributed by atoms with Crippen LogP contribution in [0.5, 0.6) is 0 Å². The maximum Gasteiger partial charge on any atom is 0.156 e. The zero-order chi connectivity index (χ0) is 12.5. The van der Waals surface area contributed by atoms with Gasteiger partial charge in [-0.25, -0.2) is 4.68 Å². The quantitative estimate of drug-likeness (QED) is 0.788. The maximum atomic E-state index is 5.95. The lowest BCUT2D eigenvalue weighted by molar-refractivity contribution is 0.579. The summed E-state index contributed by atoms with van der Waals surface area (Å²) in [7, 11) is 0. The van der Waals surface area contributed by atoms with Crippen molar-refractivity contribution in [1.82, 2.24) is 9.78 Å². The van der Waals surface area contributed by atoms with E-state index in [2.05, 4.69) is 21.0 Å². The monoisotopic (exact) mass is 303 g/mol. The van der Waals surface area contributed by atoms with Crippen LogP contribution in [-0.2, 0) is 0 Å². The lowest BCUT2D eigenvalue weighted by Gasteiger charge is -2.00. The molecule has 2 heterocycles. The first-order valence-corrected chi connectivity index (χ1v) is 6.18. The van der Waals surface area contributed by atoms with Crippen LogP contribution in [0.3, 0.4) is 0 Å². The minimum atomic E-state index is 0.588. The highest BCUT2D eigenvalue weighted by molar-refractivity contribution is 9.10. The molecule has 0 aliphatic rings. The van der Waals surface area contributed by atoms with Crippen molar-refractivity contribution in [3.63, 3.8) is 0 Å². The topological polar surface area (TPSA) is 57.0 Å². The molecule has 0 unspecified atom stereocenters. The zero-order valence-corrected chi connectivity index (χ0v) is 11.0. The lowest BCUT2D eigenvalue weighted by Crippen LogP contribution is -1.94. The third kappa shape index (κ3) is 1.93. The molecule has 18 heavy (non-hydrogen) atoms. The molecule has 4 nitrogen and oxygen atoms in total. The van der Waals surface area contributed by atoms with E-state index in [0.717, 1.165) is 10.2 Å². The van der Waals surface area contributed by atoms with Crippen LogP contribution in [0.1, 0.15) is 0 Å². The van der Waals surface area contributed by atoms with Gasteiger partial charge in [0.05, 0.1) is 23.8 Å². The smallest absolute Gasteiger partial charge is 0.156 e. The standard InChI is InChI=1S/C13H10BrN3O/c14-9-3-1-4-10(7-9)17-8-11(15)13(16-17)12-5-2-6-18-12/h1-8H,15H2. The first kappa shape index (κ1) is 11.1. The van der Waals surface area contributed by atoms with Gasteiger partial charge in [0.1, 0.15) is 0 Å². The van der Waals surface area contributed by atoms with Crippen LogP contribution in [-0.4, -0.2) is 9.78 Å². The van der Waals surface area contributed by atoms with Gasteiger partial charge < -0.3 is 10.2 Å². The molecule has 0 atom stereocenters. The van der Waals surface area contributed by atoms with Gasteiger partial charge in [0, 0.05) is 4.47 Å². The molecule has 3 rings (SSSR count). The Hall–Kier alpha value is -2.01. The molecule has 5 heteroatoms. The fourth-order valence-corrected chi connectivity index (χ4v) is 2.13. The first-order valence-electron chi connectivity index (χ1n) is 5.39. The Morgan fingerprint density at radius 3 is 2.83 bits per heavy atom. The Kier molecular flexibility index (Phi) is 2.68. The number of furan rings is 1. The van der Waals surface area contributed by atoms with Crippen molar-refractivity contribution < 1.29 is 4.42 Å². The van der Waals surface area contributed by atoms with E-state index >= 15 is 0 Å². The summed E-state index contributed by atoms with van der Waals surface area (Å²) in [5.41, 5.74) is 8.13. The van der Waals surface area contributed by atoms with Crippen molar-refractivity contribution in [2.24, 2.45) is 0 Å². The summed E-state index contributed by atoms with van der Waals surface area (Å²) in [6, 6.07) is 11.5. The third-order valence-electron chi connectivity index (χ3n) is 2.57. The Morgan fingerprint density at radius 1 is 1.22 bits per heavy atom. The molecule has 90 valence electrons. The van der Waals surface area contributed by atoms with Gasteiger partial charge in [0.25, 0.3) is 0 Å². The van der Waals surface area contributed by atoms with Crippen LogP contribution in [0, 0.1) is 0 Å². The van der Waals surface area contributed by atoms with Crippen LogP contribution < -0.4 is 5.73 Å². The number of rotatable bonds is 2. The van der Waals surface area contributed by atoms with Crippen molar-refractivity contribution in [1.29, 1.82) is 0 Å². The van der Waals surface area contributed by atoms with Gasteiger partial charge in [-0.05, 0) is 30.3 Å². The Balaban J connectivity index is 2.08. The number of hydrogen-bond acceptors (Lipinski definition) is 3. The average molecular weight is 304 g/mol. The summed E-state index contributed by atoms with van der Waals surface area (Å²) >= 11 is 3.43. The molecule has 0 aliphatic heterocycles. The minimum Gasteiger partial charge on any atom is -0.463 e. The van der Waals surface area contributed by atoms with Crippen molar-refractivity contribution >= 4 is 21.6 Å². The predicted octanol–water partition coefficient (Wildman–Crippen LogP) is 3.48. The van der Waals surface area contributed by atoms with Gasteiger partial charge in [0.15, 0.2) is 11.5 Å². The van der Waals surface area contributed by atoms with Crippen LogP contribution in [0.4, 0.5) is 5.69 Å². The second-order valence-electron chi connectivity index (χ2n) is 3.83. The second kappa shape index (κ2) is 4.34. The number of nitrogens with zero attached hydrogens (tertiary/aromatic N) is 2. The lowest BCUT2D eigenvalue weighted by atomic mass is 10.3. The molecule has 2 aromatic heterocycles. The molecule has 0 fully saturated rings. The van der Waals surface area contributed by atoms with Gasteiger partial charge in [-0.3, -0.25) is 0 Å². The first-order chi connectivity index (χ1) is 8.74. The summed E-state index contributed by atoms with van der Waals surface area (Å²) < 4.78 is 8.04. The minimum absolute atomic E-state index is 0.588. The van der Waals surface area contributed by atoms with E-state index in [1.54, 1.807) is 17.1 Å². The number of nitrogens with two attached hydrogens (primary N) is 1. The van der Waals surface area contributed by atoms with E-state index < -0.39 is 0 Å². The number of benzene rings is 1. The van der Waals surface area contributed by atoms with Crippen molar-refractivity contribution in [2.75, 3.05) is 5.73 Å². The number of hydrogen-bond donors (Lipinski definition) is 1. The molecule has 3 aromatic rings. The molecule has 0 saturated carbocycles. The second-order valence-corrected chi connectivity index (χ2v) is 4.75. The molecule has 0 spiro atoms. The molecular weight excluding hydrogens is 294 g/mol. The number of nitrogen functional groups attached to an aromatic ring is 1. The van der Waals surface area contributed by atoms with E-state index in [0.29, 0.717) is 17.1 Å². The summed E-state index contributed by atoms with van der Waals surface area (Å²) in [5, 5.41) is 4.44. The highest BCUT2D eigenvalue weighted by Gasteiger charge is 2.11. The number of anilines is 1. The summed E-state index contributed by atoms with van der Waals surface area (Å²) in [6.45, 7) is 0. The number of aromatic nitrogens is 2. The fraction of sp³-hybridized carbons (Fsp3) is 0. The SMILES string of the molecule is Nc1cn(-c2cccc(Br)c2)nc1-c1ccco1. The predicted molar refractivity (Wildman–Crippen MR) is 73.4 cm³/mol. The van der Waals surface area contributed by atoms with Gasteiger partial charge in [-0.1, -0.05) is 22.0 Å². The van der Waals surface area contributed by atoms with E-state index in [1.165, 1.54) is 0 Å². The van der Waals surface area contributed by atoms with Gasteiger partial charge in [-0.2, -0.15) is 5.10 Å². The van der Waals surface area contributed by atoms with E-state index in [4.69, 9.17) is 10.2 Å². The molecule has 0 amide bonds. The van der Waals surface area contributed by atoms with Crippen LogP contribution >= 0.6 is 15.9 Å². The zero-order valence-electron chi connectivity index (χ0n) is 9.38. The van der Waals surface area contributed by atoms with Gasteiger partial charge in [-0.15, -0.1) is 0 Å². The highest BCUT2D eigenvalue weighted by atomic mass is 79.9. The van der Waals surface area contributed by atoms with E-state index in [9.17, 15) is 0 Å². The highest BCUT2D eigenvalue weighted by Crippen LogP contribution is 2.26. The van der Waals surface area contributed by atoms with E-state index in [-0.39, 0.29) is 0 Å². The van der Waals surface area contributed by atoms with Crippen LogP contribution in [0.25, 0.3) is 17.1 Å². The molecule has 0 bridgehead atoms. The Morgan fingerprint density at radius 2 is 2.11 bits per heavy atom. The third-order valence-corrected chi connectivity index (χ3v) is 3.06. The normalized spacial score (nSPS) is 10.7. The molecule has 1 aromatic carbocycles. The van der Waals surface area contributed by atoms with Gasteiger partial charge in [0.2, 0.25) is 0 Å². The van der Waals surface area contributed by atoms with Gasteiger partial charge >= 0.3 is 0 Å². The summed E-state index contributed by atoms with van der Waals surface area (Å²) in [6.07, 6.45) is 3.38. The molecule has 0 radical (unpaired) electrons. The number of halogens is 1. The Bertz CT molecular complexity index is 673. The summed E-state index contributed by atoms with van der Waals surface area (Å²) in [4.78, 5) is 0. The van der Waals surface area contributed by atoms with Crippen molar-refractivity contribution in [3.05, 3.63) is 53.3 Å².